The van der Waals surface area contributed by atoms with Crippen LogP contribution in [0.1, 0.15) is 50.4 Å². The summed E-state index contributed by atoms with van der Waals surface area (Å²) < 4.78 is 51.5. The van der Waals surface area contributed by atoms with E-state index in [9.17, 15) is 23.1 Å². The van der Waals surface area contributed by atoms with Crippen molar-refractivity contribution in [3.8, 4) is 17.2 Å². The van der Waals surface area contributed by atoms with Gasteiger partial charge in [-0.1, -0.05) is 18.5 Å². The van der Waals surface area contributed by atoms with E-state index in [-0.39, 0.29) is 49.0 Å². The lowest BCUT2D eigenvalue weighted by atomic mass is 10.0. The molecule has 3 amide bonds. The van der Waals surface area contributed by atoms with E-state index in [2.05, 4.69) is 10.6 Å². The first kappa shape index (κ1) is 38.2. The number of fused-ring (bicyclic) bond motifs is 2. The summed E-state index contributed by atoms with van der Waals surface area (Å²) in [6, 6.07) is 14.7. The molecule has 4 atom stereocenters. The zero-order valence-electron chi connectivity index (χ0n) is 29.1. The Hall–Kier alpha value is -4.08. The Morgan fingerprint density at radius 2 is 1.67 bits per heavy atom. The molecule has 5 rings (SSSR count). The van der Waals surface area contributed by atoms with Crippen molar-refractivity contribution in [1.82, 2.24) is 9.21 Å². The molecule has 3 aromatic carbocycles. The van der Waals surface area contributed by atoms with Gasteiger partial charge in [0.25, 0.3) is 5.91 Å². The molecule has 3 aromatic rings. The van der Waals surface area contributed by atoms with E-state index in [1.165, 1.54) is 40.5 Å². The van der Waals surface area contributed by atoms with Crippen LogP contribution in [0.4, 0.5) is 16.2 Å². The standard InChI is InChI=1S/C36H45ClN4O9S/c1-23-19-41(24(2)21-42)35(43)30-17-27(38-36(44)39-28-11-15-32-33(18-28)49-22-48-32)10-14-31(30)50-25(3)7-5-6-16-47-34(23)20-40(4)51(45,46)29-12-8-26(37)9-13-29/h8-15,17-18,23-25,34,42H,5-7,16,19-22H2,1-4H3,(H2,38,39,44)/t23-,24+,25+,34-/m0/s1. The molecular formula is C36H45ClN4O9S. The molecule has 15 heteroatoms. The molecule has 13 nitrogen and oxygen atoms in total. The Labute approximate surface area is 303 Å². The number of carbonyl (C=O) groups excluding carboxylic acids is 2. The van der Waals surface area contributed by atoms with Crippen LogP contribution in [0, 0.1) is 5.92 Å². The Morgan fingerprint density at radius 1 is 1.00 bits per heavy atom. The fraction of sp³-hybridized carbons (Fsp3) is 0.444. The minimum Gasteiger partial charge on any atom is -0.490 e. The van der Waals surface area contributed by atoms with Crippen molar-refractivity contribution in [2.45, 2.75) is 63.2 Å². The second kappa shape index (κ2) is 17.0. The number of carbonyl (C=O) groups is 2. The molecule has 0 fully saturated rings. The molecule has 0 bridgehead atoms. The third kappa shape index (κ3) is 9.63. The molecule has 0 aromatic heterocycles. The van der Waals surface area contributed by atoms with E-state index in [0.717, 1.165) is 6.42 Å². The first-order chi connectivity index (χ1) is 24.3. The Bertz CT molecular complexity index is 1790. The van der Waals surface area contributed by atoms with E-state index in [0.29, 0.717) is 53.1 Å². The largest absolute Gasteiger partial charge is 0.490 e. The van der Waals surface area contributed by atoms with Gasteiger partial charge in [0.15, 0.2) is 11.5 Å². The lowest BCUT2D eigenvalue weighted by Gasteiger charge is -2.35. The van der Waals surface area contributed by atoms with Crippen molar-refractivity contribution >= 4 is 44.9 Å². The van der Waals surface area contributed by atoms with Gasteiger partial charge in [-0.15, -0.1) is 0 Å². The summed E-state index contributed by atoms with van der Waals surface area (Å²) in [5, 5.41) is 16.2. The maximum Gasteiger partial charge on any atom is 0.323 e. The SMILES string of the molecule is C[C@@H]1CCCCO[C@@H](CN(C)S(=O)(=O)c2ccc(Cl)cc2)[C@@H](C)CN([C@H](C)CO)C(=O)c2cc(NC(=O)Nc3ccc4c(c3)OCO4)ccc2O1. The van der Waals surface area contributed by atoms with Crippen LogP contribution >= 0.6 is 11.6 Å². The molecule has 2 aliphatic heterocycles. The topological polar surface area (TPSA) is 156 Å². The number of nitrogens with zero attached hydrogens (tertiary/aromatic N) is 2. The number of hydrogen-bond acceptors (Lipinski definition) is 9. The number of aliphatic hydroxyl groups excluding tert-OH is 1. The number of likely N-dealkylation sites (N-methyl/N-ethyl adjacent to an activating group) is 1. The maximum absolute atomic E-state index is 14.4. The summed E-state index contributed by atoms with van der Waals surface area (Å²) in [7, 11) is -2.37. The number of ether oxygens (including phenoxy) is 4. The van der Waals surface area contributed by atoms with Crippen LogP contribution in [0.15, 0.2) is 65.6 Å². The number of halogens is 1. The van der Waals surface area contributed by atoms with Crippen LogP contribution in [0.25, 0.3) is 0 Å². The Balaban J connectivity index is 1.39. The first-order valence-electron chi connectivity index (χ1n) is 16.9. The van der Waals surface area contributed by atoms with Gasteiger partial charge in [0.2, 0.25) is 16.8 Å². The highest BCUT2D eigenvalue weighted by molar-refractivity contribution is 7.89. The number of urea groups is 1. The van der Waals surface area contributed by atoms with Crippen molar-refractivity contribution in [3.05, 3.63) is 71.2 Å². The quantitative estimate of drug-likeness (QED) is 0.258. The number of rotatable bonds is 8. The van der Waals surface area contributed by atoms with Gasteiger partial charge in [-0.2, -0.15) is 4.31 Å². The summed E-state index contributed by atoms with van der Waals surface area (Å²) in [6.45, 7) is 5.88. The molecule has 0 unspecified atom stereocenters. The van der Waals surface area contributed by atoms with E-state index >= 15 is 0 Å². The summed E-state index contributed by atoms with van der Waals surface area (Å²) in [5.41, 5.74) is 1.04. The van der Waals surface area contributed by atoms with E-state index < -0.39 is 34.1 Å². The zero-order valence-corrected chi connectivity index (χ0v) is 30.7. The Kier molecular flexibility index (Phi) is 12.7. The average molecular weight is 745 g/mol. The van der Waals surface area contributed by atoms with Gasteiger partial charge in [0.05, 0.1) is 35.3 Å². The van der Waals surface area contributed by atoms with Crippen molar-refractivity contribution in [3.63, 3.8) is 0 Å². The number of aliphatic hydroxyl groups is 1. The third-order valence-electron chi connectivity index (χ3n) is 8.90. The zero-order chi connectivity index (χ0) is 36.7. The molecule has 0 aliphatic carbocycles. The molecule has 0 radical (unpaired) electrons. The summed E-state index contributed by atoms with van der Waals surface area (Å²) in [4.78, 5) is 29.1. The maximum atomic E-state index is 14.4. The lowest BCUT2D eigenvalue weighted by molar-refractivity contribution is -0.00833. The van der Waals surface area contributed by atoms with Crippen LogP contribution in [0.3, 0.4) is 0 Å². The highest BCUT2D eigenvalue weighted by atomic mass is 35.5. The van der Waals surface area contributed by atoms with Gasteiger partial charge in [-0.3, -0.25) is 4.79 Å². The number of amides is 3. The summed E-state index contributed by atoms with van der Waals surface area (Å²) in [5.74, 6) is 0.666. The van der Waals surface area contributed by atoms with Gasteiger partial charge in [-0.25, -0.2) is 13.2 Å². The third-order valence-corrected chi connectivity index (χ3v) is 11.0. The normalized spacial score (nSPS) is 20.6. The predicted octanol–water partition coefficient (Wildman–Crippen LogP) is 5.83. The van der Waals surface area contributed by atoms with E-state index in [1.54, 1.807) is 43.3 Å². The van der Waals surface area contributed by atoms with Gasteiger partial charge in [0.1, 0.15) is 5.75 Å². The smallest absolute Gasteiger partial charge is 0.323 e. The van der Waals surface area contributed by atoms with Crippen LogP contribution < -0.4 is 24.8 Å². The molecule has 3 N–H and O–H groups in total. The molecular weight excluding hydrogens is 700 g/mol. The monoisotopic (exact) mass is 744 g/mol. The molecule has 0 spiro atoms. The van der Waals surface area contributed by atoms with E-state index in [1.807, 2.05) is 13.8 Å². The van der Waals surface area contributed by atoms with Crippen LogP contribution in [0.5, 0.6) is 17.2 Å². The number of nitrogens with one attached hydrogen (secondary N) is 2. The van der Waals surface area contributed by atoms with Crippen molar-refractivity contribution in [1.29, 1.82) is 0 Å². The molecule has 2 heterocycles. The lowest BCUT2D eigenvalue weighted by Crippen LogP contribution is -2.48. The highest BCUT2D eigenvalue weighted by Gasteiger charge is 2.32. The van der Waals surface area contributed by atoms with Gasteiger partial charge in [0, 0.05) is 55.1 Å². The summed E-state index contributed by atoms with van der Waals surface area (Å²) in [6.07, 6.45) is 1.34. The number of hydrogen-bond donors (Lipinski definition) is 3. The summed E-state index contributed by atoms with van der Waals surface area (Å²) >= 11 is 5.99. The van der Waals surface area contributed by atoms with Crippen LogP contribution in [-0.4, -0.2) is 93.1 Å². The average Bonchev–Trinajstić information content (AvgIpc) is 3.57. The Morgan fingerprint density at radius 3 is 2.37 bits per heavy atom. The molecule has 0 saturated carbocycles. The fourth-order valence-electron chi connectivity index (χ4n) is 5.87. The second-order valence-electron chi connectivity index (χ2n) is 12.9. The molecule has 276 valence electrons. The molecule has 51 heavy (non-hydrogen) atoms. The van der Waals surface area contributed by atoms with Crippen molar-refractivity contribution in [2.24, 2.45) is 5.92 Å². The molecule has 2 aliphatic rings. The van der Waals surface area contributed by atoms with Crippen molar-refractivity contribution in [2.75, 3.05) is 50.8 Å². The fourth-order valence-corrected chi connectivity index (χ4v) is 7.18. The van der Waals surface area contributed by atoms with Crippen molar-refractivity contribution < 1.29 is 42.1 Å². The van der Waals surface area contributed by atoms with Crippen LogP contribution in [0.2, 0.25) is 5.02 Å². The van der Waals surface area contributed by atoms with Gasteiger partial charge >= 0.3 is 6.03 Å². The van der Waals surface area contributed by atoms with Gasteiger partial charge < -0.3 is 39.6 Å². The first-order valence-corrected chi connectivity index (χ1v) is 18.7. The number of sulfonamides is 1. The highest BCUT2D eigenvalue weighted by Crippen LogP contribution is 2.34. The number of benzene rings is 3. The van der Waals surface area contributed by atoms with Crippen LogP contribution in [-0.2, 0) is 14.8 Å². The minimum atomic E-state index is -3.86. The minimum absolute atomic E-state index is 0.0321. The molecule has 0 saturated heterocycles. The number of anilines is 2. The predicted molar refractivity (Wildman–Crippen MR) is 193 cm³/mol. The van der Waals surface area contributed by atoms with Gasteiger partial charge in [-0.05, 0) is 87.7 Å². The van der Waals surface area contributed by atoms with E-state index in [4.69, 9.17) is 30.5 Å². The second-order valence-corrected chi connectivity index (χ2v) is 15.4.